The Morgan fingerprint density at radius 1 is 1.57 bits per heavy atom. The molecule has 4 nitrogen and oxygen atoms in total. The van der Waals surface area contributed by atoms with Gasteiger partial charge < -0.3 is 15.4 Å². The molecule has 2 N–H and O–H groups in total. The molecule has 1 saturated heterocycles. The van der Waals surface area contributed by atoms with Crippen LogP contribution in [0, 0.1) is 0 Å². The molecule has 1 heterocycles. The minimum Gasteiger partial charge on any atom is -0.447 e. The molecular formula is C10H20N2O2. The molecule has 1 rings (SSSR count). The van der Waals surface area contributed by atoms with Crippen LogP contribution in [0.3, 0.4) is 0 Å². The van der Waals surface area contributed by atoms with Crippen LogP contribution in [0.25, 0.3) is 0 Å². The molecule has 0 saturated carbocycles. The highest BCUT2D eigenvalue weighted by Gasteiger charge is 2.26. The standard InChI is InChI=1S/C10H20N2O2/c1-8(2)14-10(13)12-6-4-3-5-9(12)7-11/h8-9H,3-7,11H2,1-2H3. The second-order valence-electron chi connectivity index (χ2n) is 4.01. The van der Waals surface area contributed by atoms with Gasteiger partial charge in [-0.3, -0.25) is 0 Å². The van der Waals surface area contributed by atoms with Gasteiger partial charge in [-0.25, -0.2) is 4.79 Å². The SMILES string of the molecule is CC(C)OC(=O)N1CCCCC1CN. The molecule has 14 heavy (non-hydrogen) atoms. The number of hydrogen-bond donors (Lipinski definition) is 1. The van der Waals surface area contributed by atoms with Crippen molar-refractivity contribution >= 4 is 6.09 Å². The lowest BCUT2D eigenvalue weighted by Gasteiger charge is -2.34. The summed E-state index contributed by atoms with van der Waals surface area (Å²) in [4.78, 5) is 13.4. The van der Waals surface area contributed by atoms with Crippen LogP contribution >= 0.6 is 0 Å². The van der Waals surface area contributed by atoms with E-state index >= 15 is 0 Å². The zero-order valence-electron chi connectivity index (χ0n) is 9.03. The Morgan fingerprint density at radius 2 is 2.29 bits per heavy atom. The predicted octanol–water partition coefficient (Wildman–Crippen LogP) is 1.34. The first-order valence-electron chi connectivity index (χ1n) is 5.32. The van der Waals surface area contributed by atoms with Crippen molar-refractivity contribution in [1.82, 2.24) is 4.90 Å². The van der Waals surface area contributed by atoms with Crippen LogP contribution in [-0.4, -0.2) is 36.2 Å². The summed E-state index contributed by atoms with van der Waals surface area (Å²) in [5, 5.41) is 0. The van der Waals surface area contributed by atoms with Crippen LogP contribution in [0.5, 0.6) is 0 Å². The third-order valence-electron chi connectivity index (χ3n) is 2.47. The zero-order chi connectivity index (χ0) is 10.6. The van der Waals surface area contributed by atoms with Crippen LogP contribution in [0.1, 0.15) is 33.1 Å². The van der Waals surface area contributed by atoms with Crippen molar-refractivity contribution in [1.29, 1.82) is 0 Å². The topological polar surface area (TPSA) is 55.6 Å². The second kappa shape index (κ2) is 5.20. The first kappa shape index (κ1) is 11.3. The molecular weight excluding hydrogens is 180 g/mol. The Hall–Kier alpha value is -0.770. The molecule has 0 radical (unpaired) electrons. The van der Waals surface area contributed by atoms with Gasteiger partial charge in [0.2, 0.25) is 0 Å². The smallest absolute Gasteiger partial charge is 0.410 e. The monoisotopic (exact) mass is 200 g/mol. The number of carbonyl (C=O) groups is 1. The number of carbonyl (C=O) groups excluding carboxylic acids is 1. The van der Waals surface area contributed by atoms with E-state index in [4.69, 9.17) is 10.5 Å². The minimum absolute atomic E-state index is 0.0529. The van der Waals surface area contributed by atoms with E-state index in [2.05, 4.69) is 0 Å². The fourth-order valence-corrected chi connectivity index (χ4v) is 1.76. The number of amides is 1. The van der Waals surface area contributed by atoms with Gasteiger partial charge in [0.25, 0.3) is 0 Å². The van der Waals surface area contributed by atoms with Gasteiger partial charge in [0.1, 0.15) is 0 Å². The molecule has 0 aliphatic carbocycles. The van der Waals surface area contributed by atoms with Crippen LogP contribution in [0.15, 0.2) is 0 Å². The lowest BCUT2D eigenvalue weighted by Crippen LogP contribution is -2.48. The Balaban J connectivity index is 2.50. The molecule has 1 aliphatic heterocycles. The molecule has 1 fully saturated rings. The fourth-order valence-electron chi connectivity index (χ4n) is 1.76. The third-order valence-corrected chi connectivity index (χ3v) is 2.47. The summed E-state index contributed by atoms with van der Waals surface area (Å²) in [6.07, 6.45) is 2.96. The Morgan fingerprint density at radius 3 is 2.86 bits per heavy atom. The van der Waals surface area contributed by atoms with Crippen molar-refractivity contribution in [2.24, 2.45) is 5.73 Å². The lowest BCUT2D eigenvalue weighted by molar-refractivity contribution is 0.0545. The quantitative estimate of drug-likeness (QED) is 0.732. The summed E-state index contributed by atoms with van der Waals surface area (Å²) in [6.45, 7) is 5.04. The molecule has 82 valence electrons. The van der Waals surface area contributed by atoms with E-state index in [1.54, 1.807) is 4.90 Å². The van der Waals surface area contributed by atoms with Gasteiger partial charge >= 0.3 is 6.09 Å². The Kier molecular flexibility index (Phi) is 4.20. The van der Waals surface area contributed by atoms with Gasteiger partial charge in [-0.05, 0) is 33.1 Å². The molecule has 1 unspecified atom stereocenters. The van der Waals surface area contributed by atoms with E-state index in [1.807, 2.05) is 13.8 Å². The van der Waals surface area contributed by atoms with Crippen LogP contribution in [-0.2, 0) is 4.74 Å². The summed E-state index contributed by atoms with van der Waals surface area (Å²) >= 11 is 0. The van der Waals surface area contributed by atoms with Crippen molar-refractivity contribution in [3.63, 3.8) is 0 Å². The number of ether oxygens (including phenoxy) is 1. The molecule has 1 atom stereocenters. The van der Waals surface area contributed by atoms with Gasteiger partial charge in [0.05, 0.1) is 6.10 Å². The van der Waals surface area contributed by atoms with Gasteiger partial charge in [0.15, 0.2) is 0 Å². The van der Waals surface area contributed by atoms with Crippen molar-refractivity contribution < 1.29 is 9.53 Å². The molecule has 0 bridgehead atoms. The molecule has 1 amide bonds. The van der Waals surface area contributed by atoms with Crippen molar-refractivity contribution in [3.05, 3.63) is 0 Å². The number of piperidine rings is 1. The third kappa shape index (κ3) is 2.87. The van der Waals surface area contributed by atoms with E-state index in [-0.39, 0.29) is 18.2 Å². The number of hydrogen-bond acceptors (Lipinski definition) is 3. The highest BCUT2D eigenvalue weighted by Crippen LogP contribution is 2.17. The number of rotatable bonds is 2. The Labute approximate surface area is 85.4 Å². The fraction of sp³-hybridized carbons (Fsp3) is 0.900. The average molecular weight is 200 g/mol. The van der Waals surface area contributed by atoms with Crippen LogP contribution in [0.4, 0.5) is 4.79 Å². The molecule has 0 spiro atoms. The highest BCUT2D eigenvalue weighted by molar-refractivity contribution is 5.68. The Bertz CT molecular complexity index is 195. The summed E-state index contributed by atoms with van der Waals surface area (Å²) in [7, 11) is 0. The minimum atomic E-state index is -0.213. The average Bonchev–Trinajstić information content (AvgIpc) is 2.16. The van der Waals surface area contributed by atoms with Gasteiger partial charge in [0, 0.05) is 19.1 Å². The maximum absolute atomic E-state index is 11.6. The molecule has 0 aromatic rings. The lowest BCUT2D eigenvalue weighted by atomic mass is 10.0. The van der Waals surface area contributed by atoms with Gasteiger partial charge in [-0.15, -0.1) is 0 Å². The van der Waals surface area contributed by atoms with Crippen molar-refractivity contribution in [2.45, 2.75) is 45.3 Å². The summed E-state index contributed by atoms with van der Waals surface area (Å²) < 4.78 is 5.15. The van der Waals surface area contributed by atoms with Crippen molar-refractivity contribution in [3.8, 4) is 0 Å². The number of likely N-dealkylation sites (tertiary alicyclic amines) is 1. The highest BCUT2D eigenvalue weighted by atomic mass is 16.6. The largest absolute Gasteiger partial charge is 0.447 e. The van der Waals surface area contributed by atoms with E-state index in [1.165, 1.54) is 0 Å². The molecule has 0 aromatic heterocycles. The van der Waals surface area contributed by atoms with Crippen LogP contribution in [0.2, 0.25) is 0 Å². The second-order valence-corrected chi connectivity index (χ2v) is 4.01. The summed E-state index contributed by atoms with van der Waals surface area (Å²) in [6, 6.07) is 0.176. The maximum atomic E-state index is 11.6. The van der Waals surface area contributed by atoms with Crippen molar-refractivity contribution in [2.75, 3.05) is 13.1 Å². The maximum Gasteiger partial charge on any atom is 0.410 e. The van der Waals surface area contributed by atoms with E-state index in [9.17, 15) is 4.79 Å². The zero-order valence-corrected chi connectivity index (χ0v) is 9.03. The van der Waals surface area contributed by atoms with Gasteiger partial charge in [-0.1, -0.05) is 0 Å². The van der Waals surface area contributed by atoms with Gasteiger partial charge in [-0.2, -0.15) is 0 Å². The summed E-state index contributed by atoms with van der Waals surface area (Å²) in [5.41, 5.74) is 5.61. The van der Waals surface area contributed by atoms with E-state index in [0.717, 1.165) is 25.8 Å². The summed E-state index contributed by atoms with van der Waals surface area (Å²) in [5.74, 6) is 0. The van der Waals surface area contributed by atoms with E-state index in [0.29, 0.717) is 6.54 Å². The first-order valence-corrected chi connectivity index (χ1v) is 5.32. The van der Waals surface area contributed by atoms with Crippen LogP contribution < -0.4 is 5.73 Å². The number of nitrogens with zero attached hydrogens (tertiary/aromatic N) is 1. The molecule has 4 heteroatoms. The molecule has 1 aliphatic rings. The number of nitrogens with two attached hydrogens (primary N) is 1. The van der Waals surface area contributed by atoms with E-state index < -0.39 is 0 Å². The molecule has 0 aromatic carbocycles. The first-order chi connectivity index (χ1) is 6.65. The normalized spacial score (nSPS) is 22.6. The predicted molar refractivity (Wildman–Crippen MR) is 55.0 cm³/mol.